The van der Waals surface area contributed by atoms with Gasteiger partial charge in [-0.1, -0.05) is 29.8 Å². The highest BCUT2D eigenvalue weighted by molar-refractivity contribution is 6.30. The molecule has 0 aliphatic carbocycles. The van der Waals surface area contributed by atoms with Gasteiger partial charge in [-0.05, 0) is 62.2 Å². The average Bonchev–Trinajstić information content (AvgIpc) is 3.11. The summed E-state index contributed by atoms with van der Waals surface area (Å²) >= 11 is 6.12. The van der Waals surface area contributed by atoms with E-state index in [-0.39, 0.29) is 5.91 Å². The second kappa shape index (κ2) is 7.91. The topological polar surface area (TPSA) is 41.4 Å². The lowest BCUT2D eigenvalue weighted by atomic mass is 10.1. The quantitative estimate of drug-likeness (QED) is 0.644. The zero-order chi connectivity index (χ0) is 20.5. The molecule has 6 heteroatoms. The molecule has 2 aromatic carbocycles. The fourth-order valence-electron chi connectivity index (χ4n) is 3.79. The molecule has 1 aliphatic rings. The van der Waals surface area contributed by atoms with Crippen molar-refractivity contribution in [3.05, 3.63) is 76.1 Å². The van der Waals surface area contributed by atoms with Crippen LogP contribution in [0.4, 0.5) is 5.69 Å². The number of halogens is 1. The van der Waals surface area contributed by atoms with Crippen molar-refractivity contribution in [1.29, 1.82) is 0 Å². The molecule has 150 valence electrons. The Bertz CT molecular complexity index is 1050. The van der Waals surface area contributed by atoms with E-state index in [2.05, 4.69) is 41.2 Å². The SMILES string of the molecule is Cc1ccc(C)c(-n2nc(C)cc2C(=O)N2CCN(c3cccc(Cl)c3)CC2)c1. The van der Waals surface area contributed by atoms with Crippen molar-refractivity contribution >= 4 is 23.2 Å². The molecule has 0 spiro atoms. The molecule has 29 heavy (non-hydrogen) atoms. The lowest BCUT2D eigenvalue weighted by Gasteiger charge is -2.36. The predicted molar refractivity (Wildman–Crippen MR) is 117 cm³/mol. The fourth-order valence-corrected chi connectivity index (χ4v) is 3.97. The van der Waals surface area contributed by atoms with Crippen molar-refractivity contribution in [3.63, 3.8) is 0 Å². The Morgan fingerprint density at radius 1 is 0.966 bits per heavy atom. The normalized spacial score (nSPS) is 14.3. The largest absolute Gasteiger partial charge is 0.368 e. The number of hydrogen-bond donors (Lipinski definition) is 0. The summed E-state index contributed by atoms with van der Waals surface area (Å²) in [6, 6.07) is 16.0. The number of aryl methyl sites for hydroxylation is 3. The number of piperazine rings is 1. The highest BCUT2D eigenvalue weighted by atomic mass is 35.5. The van der Waals surface area contributed by atoms with Crippen molar-refractivity contribution < 1.29 is 4.79 Å². The lowest BCUT2D eigenvalue weighted by molar-refractivity contribution is 0.0737. The number of benzene rings is 2. The molecule has 3 aromatic rings. The first-order valence-electron chi connectivity index (χ1n) is 9.86. The van der Waals surface area contributed by atoms with Crippen LogP contribution >= 0.6 is 11.6 Å². The third-order valence-electron chi connectivity index (χ3n) is 5.38. The number of aromatic nitrogens is 2. The van der Waals surface area contributed by atoms with E-state index in [0.717, 1.165) is 46.3 Å². The Morgan fingerprint density at radius 3 is 2.45 bits per heavy atom. The van der Waals surface area contributed by atoms with Crippen LogP contribution < -0.4 is 4.90 Å². The number of carbonyl (C=O) groups excluding carboxylic acids is 1. The summed E-state index contributed by atoms with van der Waals surface area (Å²) < 4.78 is 1.79. The fraction of sp³-hybridized carbons (Fsp3) is 0.304. The van der Waals surface area contributed by atoms with Crippen molar-refractivity contribution in [2.45, 2.75) is 20.8 Å². The van der Waals surface area contributed by atoms with E-state index in [1.165, 1.54) is 0 Å². The lowest BCUT2D eigenvalue weighted by Crippen LogP contribution is -2.49. The molecule has 0 radical (unpaired) electrons. The van der Waals surface area contributed by atoms with Crippen molar-refractivity contribution in [2.75, 3.05) is 31.1 Å². The number of carbonyl (C=O) groups is 1. The van der Waals surface area contributed by atoms with E-state index in [1.807, 2.05) is 43.0 Å². The average molecular weight is 409 g/mol. The van der Waals surface area contributed by atoms with Crippen LogP contribution in [0.1, 0.15) is 27.3 Å². The number of rotatable bonds is 3. The summed E-state index contributed by atoms with van der Waals surface area (Å²) in [5.41, 5.74) is 5.75. The predicted octanol–water partition coefficient (Wildman–Crippen LogP) is 4.41. The Morgan fingerprint density at radius 2 is 1.72 bits per heavy atom. The van der Waals surface area contributed by atoms with Crippen LogP contribution in [0.15, 0.2) is 48.5 Å². The van der Waals surface area contributed by atoms with Gasteiger partial charge in [0, 0.05) is 36.9 Å². The summed E-state index contributed by atoms with van der Waals surface area (Å²) in [5, 5.41) is 5.35. The summed E-state index contributed by atoms with van der Waals surface area (Å²) in [4.78, 5) is 17.5. The van der Waals surface area contributed by atoms with Gasteiger partial charge in [0.15, 0.2) is 0 Å². The molecule has 0 unspecified atom stereocenters. The highest BCUT2D eigenvalue weighted by Gasteiger charge is 2.26. The van der Waals surface area contributed by atoms with Gasteiger partial charge in [0.05, 0.1) is 11.4 Å². The zero-order valence-corrected chi connectivity index (χ0v) is 17.8. The maximum Gasteiger partial charge on any atom is 0.272 e. The second-order valence-electron chi connectivity index (χ2n) is 7.63. The Hall–Kier alpha value is -2.79. The molecule has 1 saturated heterocycles. The van der Waals surface area contributed by atoms with Gasteiger partial charge in [-0.15, -0.1) is 0 Å². The number of nitrogens with zero attached hydrogens (tertiary/aromatic N) is 4. The molecule has 0 bridgehead atoms. The third kappa shape index (κ3) is 4.01. The van der Waals surface area contributed by atoms with Gasteiger partial charge in [0.1, 0.15) is 5.69 Å². The first kappa shape index (κ1) is 19.5. The maximum atomic E-state index is 13.3. The van der Waals surface area contributed by atoms with Crippen molar-refractivity contribution in [2.24, 2.45) is 0 Å². The number of anilines is 1. The molecule has 2 heterocycles. The maximum absolute atomic E-state index is 13.3. The molecule has 1 aromatic heterocycles. The number of amides is 1. The molecule has 1 fully saturated rings. The van der Waals surface area contributed by atoms with Gasteiger partial charge in [-0.3, -0.25) is 4.79 Å². The Kier molecular flexibility index (Phi) is 5.33. The molecular formula is C23H25ClN4O. The van der Waals surface area contributed by atoms with Crippen LogP contribution in [0.2, 0.25) is 5.02 Å². The third-order valence-corrected chi connectivity index (χ3v) is 5.62. The molecule has 0 N–H and O–H groups in total. The van der Waals surface area contributed by atoms with E-state index < -0.39 is 0 Å². The van der Waals surface area contributed by atoms with E-state index in [1.54, 1.807) is 4.68 Å². The van der Waals surface area contributed by atoms with Crippen molar-refractivity contribution in [3.8, 4) is 5.69 Å². The number of hydrogen-bond acceptors (Lipinski definition) is 3. The minimum atomic E-state index is 0.0252. The van der Waals surface area contributed by atoms with Crippen LogP contribution in [0, 0.1) is 20.8 Å². The summed E-state index contributed by atoms with van der Waals surface area (Å²) in [5.74, 6) is 0.0252. The molecule has 0 atom stereocenters. The monoisotopic (exact) mass is 408 g/mol. The molecule has 0 saturated carbocycles. The molecule has 1 aliphatic heterocycles. The van der Waals surface area contributed by atoms with Crippen molar-refractivity contribution in [1.82, 2.24) is 14.7 Å². The van der Waals surface area contributed by atoms with Crippen LogP contribution in [-0.2, 0) is 0 Å². The Balaban J connectivity index is 1.55. The smallest absolute Gasteiger partial charge is 0.272 e. The summed E-state index contributed by atoms with van der Waals surface area (Å²) in [6.07, 6.45) is 0. The van der Waals surface area contributed by atoms with Gasteiger partial charge in [-0.25, -0.2) is 4.68 Å². The van der Waals surface area contributed by atoms with E-state index in [9.17, 15) is 4.79 Å². The van der Waals surface area contributed by atoms with Gasteiger partial charge in [-0.2, -0.15) is 5.10 Å². The van der Waals surface area contributed by atoms with Crippen LogP contribution in [0.5, 0.6) is 0 Å². The first-order valence-corrected chi connectivity index (χ1v) is 10.2. The standard InChI is InChI=1S/C23H25ClN4O/c1-16-7-8-17(2)21(13-16)28-22(14-18(3)25-28)23(29)27-11-9-26(10-12-27)20-6-4-5-19(24)15-20/h4-8,13-15H,9-12H2,1-3H3. The summed E-state index contributed by atoms with van der Waals surface area (Å²) in [6.45, 7) is 8.92. The van der Waals surface area contributed by atoms with Crippen LogP contribution in [0.3, 0.4) is 0 Å². The van der Waals surface area contributed by atoms with E-state index in [0.29, 0.717) is 18.8 Å². The summed E-state index contributed by atoms with van der Waals surface area (Å²) in [7, 11) is 0. The molecule has 5 nitrogen and oxygen atoms in total. The minimum Gasteiger partial charge on any atom is -0.368 e. The second-order valence-corrected chi connectivity index (χ2v) is 8.07. The molecule has 1 amide bonds. The molecule has 4 rings (SSSR count). The Labute approximate surface area is 176 Å². The van der Waals surface area contributed by atoms with Gasteiger partial charge in [0.2, 0.25) is 0 Å². The van der Waals surface area contributed by atoms with E-state index in [4.69, 9.17) is 11.6 Å². The first-order chi connectivity index (χ1) is 13.9. The van der Waals surface area contributed by atoms with Gasteiger partial charge < -0.3 is 9.80 Å². The van der Waals surface area contributed by atoms with Crippen LogP contribution in [-0.4, -0.2) is 46.8 Å². The highest BCUT2D eigenvalue weighted by Crippen LogP contribution is 2.23. The van der Waals surface area contributed by atoms with Crippen LogP contribution in [0.25, 0.3) is 5.69 Å². The van der Waals surface area contributed by atoms with Gasteiger partial charge in [0.25, 0.3) is 5.91 Å². The minimum absolute atomic E-state index is 0.0252. The van der Waals surface area contributed by atoms with E-state index >= 15 is 0 Å². The molecular weight excluding hydrogens is 384 g/mol. The van der Waals surface area contributed by atoms with Gasteiger partial charge >= 0.3 is 0 Å². The zero-order valence-electron chi connectivity index (χ0n) is 17.0.